The van der Waals surface area contributed by atoms with E-state index in [2.05, 4.69) is 30.7 Å². The Hall–Kier alpha value is -1.15. The lowest BCUT2D eigenvalue weighted by molar-refractivity contribution is 0.577. The number of aryl methyl sites for hydroxylation is 1. The van der Waals surface area contributed by atoms with E-state index in [9.17, 15) is 0 Å². The van der Waals surface area contributed by atoms with Crippen LogP contribution in [0.15, 0.2) is 30.6 Å². The average molecular weight is 204 g/mol. The molecule has 0 saturated heterocycles. The van der Waals surface area contributed by atoms with E-state index in [-0.39, 0.29) is 0 Å². The highest BCUT2D eigenvalue weighted by atomic mass is 14.9. The van der Waals surface area contributed by atoms with E-state index in [1.54, 1.807) is 0 Å². The Bertz CT molecular complexity index is 331. The van der Waals surface area contributed by atoms with Gasteiger partial charge in [0.15, 0.2) is 0 Å². The summed E-state index contributed by atoms with van der Waals surface area (Å²) in [6, 6.07) is 2.39. The molecule has 0 fully saturated rings. The van der Waals surface area contributed by atoms with Crippen molar-refractivity contribution in [1.82, 2.24) is 10.3 Å². The SMILES string of the molecule is C=C(CC)CC(NC)c1cnccc1C. The molecule has 1 heterocycles. The Labute approximate surface area is 92.4 Å². The molecule has 0 aliphatic heterocycles. The van der Waals surface area contributed by atoms with E-state index in [1.165, 1.54) is 16.7 Å². The van der Waals surface area contributed by atoms with Crippen molar-refractivity contribution in [2.45, 2.75) is 32.7 Å². The molecule has 1 aromatic rings. The van der Waals surface area contributed by atoms with Gasteiger partial charge in [0.1, 0.15) is 0 Å². The van der Waals surface area contributed by atoms with Crippen molar-refractivity contribution in [3.8, 4) is 0 Å². The molecule has 0 aromatic carbocycles. The number of pyridine rings is 1. The maximum atomic E-state index is 4.18. The van der Waals surface area contributed by atoms with Gasteiger partial charge in [0, 0.05) is 18.4 Å². The van der Waals surface area contributed by atoms with Gasteiger partial charge in [0.2, 0.25) is 0 Å². The first kappa shape index (κ1) is 11.9. The molecule has 0 spiro atoms. The Balaban J connectivity index is 2.83. The quantitative estimate of drug-likeness (QED) is 0.746. The molecule has 0 aliphatic rings. The molecule has 1 rings (SSSR count). The summed E-state index contributed by atoms with van der Waals surface area (Å²) in [4.78, 5) is 4.18. The van der Waals surface area contributed by atoms with Crippen LogP contribution in [0.25, 0.3) is 0 Å². The zero-order chi connectivity index (χ0) is 11.3. The normalized spacial score (nSPS) is 12.5. The maximum Gasteiger partial charge on any atom is 0.0373 e. The van der Waals surface area contributed by atoms with Crippen LogP contribution in [0.5, 0.6) is 0 Å². The lowest BCUT2D eigenvalue weighted by Gasteiger charge is -2.19. The largest absolute Gasteiger partial charge is 0.313 e. The molecule has 0 radical (unpaired) electrons. The summed E-state index contributed by atoms with van der Waals surface area (Å²) in [6.45, 7) is 8.32. The molecule has 15 heavy (non-hydrogen) atoms. The second kappa shape index (κ2) is 5.66. The minimum absolute atomic E-state index is 0.339. The van der Waals surface area contributed by atoms with Crippen LogP contribution in [-0.4, -0.2) is 12.0 Å². The zero-order valence-electron chi connectivity index (χ0n) is 9.88. The molecule has 1 N–H and O–H groups in total. The Kier molecular flexibility index (Phi) is 4.50. The molecule has 1 aromatic heterocycles. The molecule has 1 atom stereocenters. The smallest absolute Gasteiger partial charge is 0.0373 e. The Morgan fingerprint density at radius 2 is 2.33 bits per heavy atom. The van der Waals surface area contributed by atoms with Gasteiger partial charge < -0.3 is 5.32 Å². The molecule has 0 amide bonds. The molecule has 1 unspecified atom stereocenters. The fourth-order valence-electron chi connectivity index (χ4n) is 1.64. The number of aromatic nitrogens is 1. The number of hydrogen-bond acceptors (Lipinski definition) is 2. The number of hydrogen-bond donors (Lipinski definition) is 1. The molecule has 2 nitrogen and oxygen atoms in total. The van der Waals surface area contributed by atoms with Gasteiger partial charge in [-0.3, -0.25) is 4.98 Å². The summed E-state index contributed by atoms with van der Waals surface area (Å²) in [6.07, 6.45) is 5.80. The van der Waals surface area contributed by atoms with Gasteiger partial charge in [0.25, 0.3) is 0 Å². The van der Waals surface area contributed by atoms with Gasteiger partial charge in [-0.05, 0) is 44.0 Å². The van der Waals surface area contributed by atoms with Gasteiger partial charge in [-0.2, -0.15) is 0 Å². The second-order valence-electron chi connectivity index (χ2n) is 3.88. The highest BCUT2D eigenvalue weighted by molar-refractivity contribution is 5.26. The van der Waals surface area contributed by atoms with Crippen molar-refractivity contribution in [3.63, 3.8) is 0 Å². The predicted octanol–water partition coefficient (Wildman–Crippen LogP) is 3.01. The highest BCUT2D eigenvalue weighted by Gasteiger charge is 2.12. The van der Waals surface area contributed by atoms with Crippen LogP contribution in [0, 0.1) is 6.92 Å². The second-order valence-corrected chi connectivity index (χ2v) is 3.88. The highest BCUT2D eigenvalue weighted by Crippen LogP contribution is 2.23. The molecular formula is C13H20N2. The molecule has 0 bridgehead atoms. The monoisotopic (exact) mass is 204 g/mol. The van der Waals surface area contributed by atoms with E-state index in [1.807, 2.05) is 25.5 Å². The lowest BCUT2D eigenvalue weighted by Crippen LogP contribution is -2.18. The first-order chi connectivity index (χ1) is 7.19. The molecular weight excluding hydrogens is 184 g/mol. The Morgan fingerprint density at radius 3 is 2.87 bits per heavy atom. The predicted molar refractivity (Wildman–Crippen MR) is 64.8 cm³/mol. The third-order valence-corrected chi connectivity index (χ3v) is 2.80. The fourth-order valence-corrected chi connectivity index (χ4v) is 1.64. The third kappa shape index (κ3) is 3.17. The summed E-state index contributed by atoms with van der Waals surface area (Å²) in [5.41, 5.74) is 3.83. The van der Waals surface area contributed by atoms with Crippen molar-refractivity contribution in [2.24, 2.45) is 0 Å². The minimum Gasteiger partial charge on any atom is -0.313 e. The van der Waals surface area contributed by atoms with Crippen molar-refractivity contribution in [1.29, 1.82) is 0 Å². The van der Waals surface area contributed by atoms with E-state index >= 15 is 0 Å². The number of nitrogens with zero attached hydrogens (tertiary/aromatic N) is 1. The standard InChI is InChI=1S/C13H20N2/c1-5-10(2)8-13(14-4)12-9-15-7-6-11(12)3/h6-7,9,13-14H,2,5,8H2,1,3-4H3. The maximum absolute atomic E-state index is 4.18. The fraction of sp³-hybridized carbons (Fsp3) is 0.462. The van der Waals surface area contributed by atoms with E-state index < -0.39 is 0 Å². The van der Waals surface area contributed by atoms with Gasteiger partial charge in [-0.25, -0.2) is 0 Å². The molecule has 0 saturated carbocycles. The van der Waals surface area contributed by atoms with Crippen molar-refractivity contribution < 1.29 is 0 Å². The summed E-state index contributed by atoms with van der Waals surface area (Å²) in [5.74, 6) is 0. The average Bonchev–Trinajstić information content (AvgIpc) is 2.26. The minimum atomic E-state index is 0.339. The lowest BCUT2D eigenvalue weighted by atomic mass is 9.97. The summed E-state index contributed by atoms with van der Waals surface area (Å²) in [5, 5.41) is 3.32. The van der Waals surface area contributed by atoms with Crippen LogP contribution in [0.3, 0.4) is 0 Å². The van der Waals surface area contributed by atoms with Gasteiger partial charge >= 0.3 is 0 Å². The van der Waals surface area contributed by atoms with Crippen LogP contribution in [0.1, 0.15) is 36.9 Å². The van der Waals surface area contributed by atoms with E-state index in [4.69, 9.17) is 0 Å². The summed E-state index contributed by atoms with van der Waals surface area (Å²) < 4.78 is 0. The van der Waals surface area contributed by atoms with Crippen molar-refractivity contribution >= 4 is 0 Å². The summed E-state index contributed by atoms with van der Waals surface area (Å²) >= 11 is 0. The molecule has 82 valence electrons. The zero-order valence-corrected chi connectivity index (χ0v) is 9.88. The van der Waals surface area contributed by atoms with Crippen LogP contribution in [0.4, 0.5) is 0 Å². The Morgan fingerprint density at radius 1 is 1.60 bits per heavy atom. The van der Waals surface area contributed by atoms with Crippen LogP contribution >= 0.6 is 0 Å². The van der Waals surface area contributed by atoms with E-state index in [0.717, 1.165) is 12.8 Å². The first-order valence-electron chi connectivity index (χ1n) is 5.43. The summed E-state index contributed by atoms with van der Waals surface area (Å²) in [7, 11) is 1.99. The van der Waals surface area contributed by atoms with E-state index in [0.29, 0.717) is 6.04 Å². The van der Waals surface area contributed by atoms with Gasteiger partial charge in [0.05, 0.1) is 0 Å². The van der Waals surface area contributed by atoms with Crippen molar-refractivity contribution in [2.75, 3.05) is 7.05 Å². The number of rotatable bonds is 5. The van der Waals surface area contributed by atoms with Gasteiger partial charge in [-0.1, -0.05) is 19.1 Å². The first-order valence-corrected chi connectivity index (χ1v) is 5.43. The third-order valence-electron chi connectivity index (χ3n) is 2.80. The van der Waals surface area contributed by atoms with Crippen LogP contribution < -0.4 is 5.32 Å². The molecule has 0 aliphatic carbocycles. The van der Waals surface area contributed by atoms with Crippen molar-refractivity contribution in [3.05, 3.63) is 41.7 Å². The van der Waals surface area contributed by atoms with Crippen LogP contribution in [-0.2, 0) is 0 Å². The van der Waals surface area contributed by atoms with Crippen LogP contribution in [0.2, 0.25) is 0 Å². The number of nitrogens with one attached hydrogen (secondary N) is 1. The molecule has 2 heteroatoms. The van der Waals surface area contributed by atoms with Gasteiger partial charge in [-0.15, -0.1) is 0 Å². The topological polar surface area (TPSA) is 24.9 Å².